The largest absolute Gasteiger partial charge is 0.392 e. The van der Waals surface area contributed by atoms with Crippen molar-refractivity contribution in [1.29, 1.82) is 0 Å². The van der Waals surface area contributed by atoms with Crippen LogP contribution in [0.15, 0.2) is 22.7 Å². The lowest BCUT2D eigenvalue weighted by Crippen LogP contribution is -2.37. The van der Waals surface area contributed by atoms with Crippen molar-refractivity contribution in [2.24, 2.45) is 5.73 Å². The van der Waals surface area contributed by atoms with Gasteiger partial charge in [-0.1, -0.05) is 23.8 Å². The molecule has 0 aliphatic carbocycles. The Kier molecular flexibility index (Phi) is 5.36. The maximum absolute atomic E-state index is 12.2. The summed E-state index contributed by atoms with van der Waals surface area (Å²) in [6, 6.07) is 5.04. The number of rotatable bonds is 4. The molecule has 0 bridgehead atoms. The van der Waals surface area contributed by atoms with Gasteiger partial charge in [-0.2, -0.15) is 0 Å². The Hall–Kier alpha value is -0.650. The average molecular weight is 336 g/mol. The Labute approximate surface area is 119 Å². The molecule has 0 aliphatic rings. The highest BCUT2D eigenvalue weighted by Gasteiger charge is 2.17. The van der Waals surface area contributed by atoms with Gasteiger partial charge in [-0.05, 0) is 41.1 Å². The maximum atomic E-state index is 12.2. The van der Waals surface area contributed by atoms with Crippen LogP contribution in [0.4, 0.5) is 0 Å². The minimum atomic E-state index is -0.121. The van der Waals surface area contributed by atoms with Gasteiger partial charge < -0.3 is 10.6 Å². The van der Waals surface area contributed by atoms with Crippen molar-refractivity contribution in [3.63, 3.8) is 0 Å². The van der Waals surface area contributed by atoms with Crippen molar-refractivity contribution in [3.05, 3.63) is 33.3 Å². The van der Waals surface area contributed by atoms with Crippen LogP contribution in [-0.4, -0.2) is 28.9 Å². The SMILES string of the molecule is CCN(CC(N)=S)C(=O)c1ccc(Cl)cc1Br. The van der Waals surface area contributed by atoms with E-state index < -0.39 is 0 Å². The lowest BCUT2D eigenvalue weighted by atomic mass is 10.2. The predicted molar refractivity (Wildman–Crippen MR) is 77.5 cm³/mol. The van der Waals surface area contributed by atoms with Gasteiger partial charge in [-0.15, -0.1) is 0 Å². The molecular formula is C11H12BrClN2OS. The van der Waals surface area contributed by atoms with Gasteiger partial charge in [0.1, 0.15) is 0 Å². The molecule has 0 saturated carbocycles. The smallest absolute Gasteiger partial charge is 0.255 e. The number of halogens is 2. The highest BCUT2D eigenvalue weighted by molar-refractivity contribution is 9.10. The highest BCUT2D eigenvalue weighted by atomic mass is 79.9. The van der Waals surface area contributed by atoms with Crippen LogP contribution >= 0.6 is 39.7 Å². The fraction of sp³-hybridized carbons (Fsp3) is 0.273. The van der Waals surface area contributed by atoms with Gasteiger partial charge in [0, 0.05) is 16.0 Å². The number of likely N-dealkylation sites (N-methyl/N-ethyl adjacent to an activating group) is 1. The molecule has 2 N–H and O–H groups in total. The van der Waals surface area contributed by atoms with Crippen LogP contribution in [0.25, 0.3) is 0 Å². The number of carbonyl (C=O) groups excluding carboxylic acids is 1. The quantitative estimate of drug-likeness (QED) is 0.861. The van der Waals surface area contributed by atoms with Gasteiger partial charge in [-0.3, -0.25) is 4.79 Å². The second kappa shape index (κ2) is 6.33. The van der Waals surface area contributed by atoms with E-state index >= 15 is 0 Å². The Morgan fingerprint density at radius 3 is 2.71 bits per heavy atom. The molecule has 92 valence electrons. The van der Waals surface area contributed by atoms with Crippen molar-refractivity contribution in [2.75, 3.05) is 13.1 Å². The number of thiocarbonyl (C=S) groups is 1. The Morgan fingerprint density at radius 2 is 2.24 bits per heavy atom. The van der Waals surface area contributed by atoms with Crippen LogP contribution in [0.5, 0.6) is 0 Å². The van der Waals surface area contributed by atoms with Crippen molar-refractivity contribution in [1.82, 2.24) is 4.90 Å². The molecule has 0 heterocycles. The van der Waals surface area contributed by atoms with Crippen LogP contribution in [0.2, 0.25) is 5.02 Å². The number of hydrogen-bond acceptors (Lipinski definition) is 2. The molecule has 0 saturated heterocycles. The second-order valence-corrected chi connectivity index (χ2v) is 5.22. The highest BCUT2D eigenvalue weighted by Crippen LogP contribution is 2.22. The zero-order valence-electron chi connectivity index (χ0n) is 9.24. The molecule has 6 heteroatoms. The maximum Gasteiger partial charge on any atom is 0.255 e. The van der Waals surface area contributed by atoms with E-state index in [0.29, 0.717) is 26.6 Å². The third-order valence-corrected chi connectivity index (χ3v) is 3.20. The molecule has 1 amide bonds. The third-order valence-electron chi connectivity index (χ3n) is 2.18. The molecule has 3 nitrogen and oxygen atoms in total. The lowest BCUT2D eigenvalue weighted by molar-refractivity contribution is 0.0787. The molecule has 17 heavy (non-hydrogen) atoms. The number of amides is 1. The minimum absolute atomic E-state index is 0.121. The molecule has 1 aromatic carbocycles. The monoisotopic (exact) mass is 334 g/mol. The number of nitrogens with two attached hydrogens (primary N) is 1. The summed E-state index contributed by atoms with van der Waals surface area (Å²) < 4.78 is 0.663. The molecule has 0 unspecified atom stereocenters. The third kappa shape index (κ3) is 3.94. The number of hydrogen-bond donors (Lipinski definition) is 1. The van der Waals surface area contributed by atoms with Crippen LogP contribution in [0, 0.1) is 0 Å². The standard InChI is InChI=1S/C11H12BrClN2OS/c1-2-15(6-10(14)17)11(16)8-4-3-7(13)5-9(8)12/h3-5H,2,6H2,1H3,(H2,14,17). The van der Waals surface area contributed by atoms with E-state index in [2.05, 4.69) is 15.9 Å². The summed E-state index contributed by atoms with van der Waals surface area (Å²) in [5.74, 6) is -0.121. The Balaban J connectivity index is 2.97. The minimum Gasteiger partial charge on any atom is -0.392 e. The molecule has 0 atom stereocenters. The normalized spacial score (nSPS) is 10.1. The topological polar surface area (TPSA) is 46.3 Å². The molecule has 1 aromatic rings. The summed E-state index contributed by atoms with van der Waals surface area (Å²) in [4.78, 5) is 14.1. The first kappa shape index (κ1) is 14.4. The molecule has 0 aromatic heterocycles. The summed E-state index contributed by atoms with van der Waals surface area (Å²) in [5, 5.41) is 0.575. The first-order valence-corrected chi connectivity index (χ1v) is 6.56. The van der Waals surface area contributed by atoms with E-state index in [1.807, 2.05) is 6.92 Å². The Morgan fingerprint density at radius 1 is 1.59 bits per heavy atom. The number of benzene rings is 1. The molecule has 0 fully saturated rings. The van der Waals surface area contributed by atoms with Crippen molar-refractivity contribution in [3.8, 4) is 0 Å². The van der Waals surface area contributed by atoms with Crippen molar-refractivity contribution in [2.45, 2.75) is 6.92 Å². The second-order valence-electron chi connectivity index (χ2n) is 3.41. The zero-order valence-corrected chi connectivity index (χ0v) is 12.4. The van der Waals surface area contributed by atoms with Crippen LogP contribution < -0.4 is 5.73 Å². The van der Waals surface area contributed by atoms with Crippen molar-refractivity contribution < 1.29 is 4.79 Å². The number of nitrogens with zero attached hydrogens (tertiary/aromatic N) is 1. The Bertz CT molecular complexity index is 453. The fourth-order valence-corrected chi connectivity index (χ4v) is 2.36. The van der Waals surface area contributed by atoms with E-state index in [4.69, 9.17) is 29.6 Å². The van der Waals surface area contributed by atoms with E-state index in [0.717, 1.165) is 0 Å². The van der Waals surface area contributed by atoms with Gasteiger partial charge in [0.25, 0.3) is 5.91 Å². The van der Waals surface area contributed by atoms with E-state index in [1.165, 1.54) is 0 Å². The molecule has 1 rings (SSSR count). The lowest BCUT2D eigenvalue weighted by Gasteiger charge is -2.20. The zero-order chi connectivity index (χ0) is 13.0. The van der Waals surface area contributed by atoms with Crippen LogP contribution in [0.3, 0.4) is 0 Å². The first-order valence-electron chi connectivity index (χ1n) is 4.98. The van der Waals surface area contributed by atoms with E-state index in [-0.39, 0.29) is 12.5 Å². The van der Waals surface area contributed by atoms with E-state index in [1.54, 1.807) is 23.1 Å². The molecule has 0 aliphatic heterocycles. The van der Waals surface area contributed by atoms with Gasteiger partial charge in [0.15, 0.2) is 0 Å². The van der Waals surface area contributed by atoms with Gasteiger partial charge in [-0.25, -0.2) is 0 Å². The molecule has 0 radical (unpaired) electrons. The average Bonchev–Trinajstić information content (AvgIpc) is 2.24. The van der Waals surface area contributed by atoms with Gasteiger partial charge in [0.2, 0.25) is 0 Å². The summed E-state index contributed by atoms with van der Waals surface area (Å²) in [7, 11) is 0. The summed E-state index contributed by atoms with van der Waals surface area (Å²) in [6.07, 6.45) is 0. The fourth-order valence-electron chi connectivity index (χ4n) is 1.35. The summed E-state index contributed by atoms with van der Waals surface area (Å²) in [6.45, 7) is 2.70. The van der Waals surface area contributed by atoms with Crippen LogP contribution in [-0.2, 0) is 0 Å². The number of carbonyl (C=O) groups is 1. The van der Waals surface area contributed by atoms with Gasteiger partial charge >= 0.3 is 0 Å². The summed E-state index contributed by atoms with van der Waals surface area (Å²) in [5.41, 5.74) is 6.00. The van der Waals surface area contributed by atoms with Gasteiger partial charge in [0.05, 0.1) is 17.1 Å². The molecule has 0 spiro atoms. The predicted octanol–water partition coefficient (Wildman–Crippen LogP) is 2.85. The first-order chi connectivity index (χ1) is 7.95. The van der Waals surface area contributed by atoms with Crippen molar-refractivity contribution >= 4 is 50.6 Å². The molecular weight excluding hydrogens is 324 g/mol. The summed E-state index contributed by atoms with van der Waals surface area (Å²) >= 11 is 14.0. The van der Waals surface area contributed by atoms with Crippen LogP contribution in [0.1, 0.15) is 17.3 Å². The van der Waals surface area contributed by atoms with E-state index in [9.17, 15) is 4.79 Å².